The second-order valence-corrected chi connectivity index (χ2v) is 5.66. The molecular weight excluding hydrogens is 252 g/mol. The first kappa shape index (κ1) is 15.0. The van der Waals surface area contributed by atoms with Crippen molar-refractivity contribution in [3.63, 3.8) is 0 Å². The topological polar surface area (TPSA) is 41.6 Å². The predicted molar refractivity (Wildman–Crippen MR) is 79.4 cm³/mol. The van der Waals surface area contributed by atoms with Gasteiger partial charge in [-0.2, -0.15) is 0 Å². The van der Waals surface area contributed by atoms with Gasteiger partial charge >= 0.3 is 0 Å². The Bertz CT molecular complexity index is 433. The molecule has 1 aliphatic rings. The van der Waals surface area contributed by atoms with E-state index in [-0.39, 0.29) is 24.6 Å². The van der Waals surface area contributed by atoms with Gasteiger partial charge in [-0.15, -0.1) is 0 Å². The molecule has 0 spiro atoms. The van der Waals surface area contributed by atoms with Gasteiger partial charge in [0.2, 0.25) is 5.91 Å². The molecule has 2 rings (SSSR count). The SMILES string of the molecule is COCC(=O)N1CC(c2ccccc2)NCC1C(C)C. The summed E-state index contributed by atoms with van der Waals surface area (Å²) >= 11 is 0. The number of carbonyl (C=O) groups excluding carboxylic acids is 1. The van der Waals surface area contributed by atoms with Crippen LogP contribution in [0.1, 0.15) is 25.5 Å². The summed E-state index contributed by atoms with van der Waals surface area (Å²) in [6, 6.07) is 10.7. The summed E-state index contributed by atoms with van der Waals surface area (Å²) < 4.78 is 5.01. The molecule has 0 radical (unpaired) electrons. The molecule has 0 aliphatic carbocycles. The third-order valence-corrected chi connectivity index (χ3v) is 3.91. The summed E-state index contributed by atoms with van der Waals surface area (Å²) in [5.41, 5.74) is 1.23. The van der Waals surface area contributed by atoms with E-state index in [2.05, 4.69) is 31.3 Å². The maximum atomic E-state index is 12.3. The third kappa shape index (κ3) is 3.38. The number of nitrogens with one attached hydrogen (secondary N) is 1. The van der Waals surface area contributed by atoms with E-state index in [0.717, 1.165) is 6.54 Å². The van der Waals surface area contributed by atoms with Crippen molar-refractivity contribution >= 4 is 5.91 Å². The number of amides is 1. The maximum Gasteiger partial charge on any atom is 0.248 e. The molecule has 4 heteroatoms. The van der Waals surface area contributed by atoms with Crippen LogP contribution in [-0.4, -0.2) is 43.7 Å². The molecule has 0 aromatic heterocycles. The van der Waals surface area contributed by atoms with E-state index in [1.807, 2.05) is 23.1 Å². The van der Waals surface area contributed by atoms with Gasteiger partial charge in [0.05, 0.1) is 0 Å². The number of piperazine rings is 1. The summed E-state index contributed by atoms with van der Waals surface area (Å²) in [7, 11) is 1.57. The molecule has 110 valence electrons. The zero-order chi connectivity index (χ0) is 14.5. The summed E-state index contributed by atoms with van der Waals surface area (Å²) in [6.07, 6.45) is 0. The van der Waals surface area contributed by atoms with Crippen LogP contribution in [0.4, 0.5) is 0 Å². The molecule has 1 heterocycles. The van der Waals surface area contributed by atoms with Crippen LogP contribution >= 0.6 is 0 Å². The van der Waals surface area contributed by atoms with E-state index in [1.54, 1.807) is 7.11 Å². The highest BCUT2D eigenvalue weighted by molar-refractivity contribution is 5.78. The zero-order valence-electron chi connectivity index (χ0n) is 12.5. The molecule has 2 unspecified atom stereocenters. The predicted octanol–water partition coefficient (Wildman–Crippen LogP) is 1.83. The van der Waals surface area contributed by atoms with Crippen molar-refractivity contribution in [3.8, 4) is 0 Å². The monoisotopic (exact) mass is 276 g/mol. The Hall–Kier alpha value is -1.39. The fourth-order valence-corrected chi connectivity index (χ4v) is 2.77. The summed E-state index contributed by atoms with van der Waals surface area (Å²) in [5.74, 6) is 0.508. The average molecular weight is 276 g/mol. The number of rotatable bonds is 4. The second-order valence-electron chi connectivity index (χ2n) is 5.66. The number of nitrogens with zero attached hydrogens (tertiary/aromatic N) is 1. The van der Waals surface area contributed by atoms with Gasteiger partial charge in [-0.25, -0.2) is 0 Å². The summed E-state index contributed by atoms with van der Waals surface area (Å²) in [5, 5.41) is 3.56. The molecule has 1 aromatic rings. The molecule has 1 aromatic carbocycles. The van der Waals surface area contributed by atoms with Crippen LogP contribution in [-0.2, 0) is 9.53 Å². The van der Waals surface area contributed by atoms with Crippen molar-refractivity contribution in [3.05, 3.63) is 35.9 Å². The van der Waals surface area contributed by atoms with Gasteiger partial charge in [0.25, 0.3) is 0 Å². The largest absolute Gasteiger partial charge is 0.375 e. The molecule has 0 bridgehead atoms. The van der Waals surface area contributed by atoms with Gasteiger partial charge in [0.15, 0.2) is 0 Å². The third-order valence-electron chi connectivity index (χ3n) is 3.91. The average Bonchev–Trinajstić information content (AvgIpc) is 2.47. The van der Waals surface area contributed by atoms with Gasteiger partial charge in [0.1, 0.15) is 6.61 Å². The van der Waals surface area contributed by atoms with Crippen LogP contribution < -0.4 is 5.32 Å². The van der Waals surface area contributed by atoms with E-state index in [1.165, 1.54) is 5.56 Å². The van der Waals surface area contributed by atoms with Gasteiger partial charge in [0, 0.05) is 32.3 Å². The number of carbonyl (C=O) groups is 1. The van der Waals surface area contributed by atoms with Crippen molar-refractivity contribution in [2.45, 2.75) is 25.9 Å². The highest BCUT2D eigenvalue weighted by atomic mass is 16.5. The maximum absolute atomic E-state index is 12.3. The van der Waals surface area contributed by atoms with Crippen molar-refractivity contribution in [2.24, 2.45) is 5.92 Å². The molecule has 4 nitrogen and oxygen atoms in total. The molecule has 1 saturated heterocycles. The van der Waals surface area contributed by atoms with Crippen LogP contribution in [0.2, 0.25) is 0 Å². The highest BCUT2D eigenvalue weighted by Crippen LogP contribution is 2.23. The van der Waals surface area contributed by atoms with Crippen LogP contribution in [0.5, 0.6) is 0 Å². The molecule has 2 atom stereocenters. The van der Waals surface area contributed by atoms with E-state index >= 15 is 0 Å². The Morgan fingerprint density at radius 1 is 1.40 bits per heavy atom. The molecule has 1 aliphatic heterocycles. The zero-order valence-corrected chi connectivity index (χ0v) is 12.5. The Labute approximate surface area is 121 Å². The summed E-state index contributed by atoms with van der Waals surface area (Å²) in [4.78, 5) is 14.2. The minimum atomic E-state index is 0.0774. The molecule has 1 fully saturated rings. The van der Waals surface area contributed by atoms with Crippen molar-refractivity contribution in [1.82, 2.24) is 10.2 Å². The van der Waals surface area contributed by atoms with Crippen LogP contribution in [0.15, 0.2) is 30.3 Å². The van der Waals surface area contributed by atoms with Gasteiger partial charge in [-0.05, 0) is 11.5 Å². The standard InChI is InChI=1S/C16H24N2O2/c1-12(2)15-9-17-14(13-7-5-4-6-8-13)10-18(15)16(19)11-20-3/h4-8,12,14-15,17H,9-11H2,1-3H3. The smallest absolute Gasteiger partial charge is 0.248 e. The normalized spacial score (nSPS) is 23.1. The molecular formula is C16H24N2O2. The Morgan fingerprint density at radius 3 is 2.70 bits per heavy atom. The quantitative estimate of drug-likeness (QED) is 0.912. The summed E-state index contributed by atoms with van der Waals surface area (Å²) in [6.45, 7) is 6.00. The lowest BCUT2D eigenvalue weighted by Crippen LogP contribution is -2.57. The molecule has 20 heavy (non-hydrogen) atoms. The second kappa shape index (κ2) is 6.86. The lowest BCUT2D eigenvalue weighted by molar-refractivity contribution is -0.140. The Kier molecular flexibility index (Phi) is 5.15. The lowest BCUT2D eigenvalue weighted by Gasteiger charge is -2.42. The minimum Gasteiger partial charge on any atom is -0.375 e. The molecule has 0 saturated carbocycles. The Balaban J connectivity index is 2.13. The van der Waals surface area contributed by atoms with Gasteiger partial charge in [-0.1, -0.05) is 44.2 Å². The number of benzene rings is 1. The number of hydrogen-bond donors (Lipinski definition) is 1. The van der Waals surface area contributed by atoms with Gasteiger partial charge in [-0.3, -0.25) is 4.79 Å². The molecule has 1 amide bonds. The van der Waals surface area contributed by atoms with E-state index < -0.39 is 0 Å². The first-order valence-electron chi connectivity index (χ1n) is 7.20. The van der Waals surface area contributed by atoms with Crippen LogP contribution in [0.25, 0.3) is 0 Å². The fourth-order valence-electron chi connectivity index (χ4n) is 2.77. The van der Waals surface area contributed by atoms with Crippen molar-refractivity contribution in [2.75, 3.05) is 26.8 Å². The van der Waals surface area contributed by atoms with Crippen molar-refractivity contribution in [1.29, 1.82) is 0 Å². The van der Waals surface area contributed by atoms with Crippen molar-refractivity contribution < 1.29 is 9.53 Å². The lowest BCUT2D eigenvalue weighted by atomic mass is 9.95. The first-order chi connectivity index (χ1) is 9.63. The molecule has 1 N–H and O–H groups in total. The van der Waals surface area contributed by atoms with E-state index in [9.17, 15) is 4.79 Å². The number of hydrogen-bond acceptors (Lipinski definition) is 3. The van der Waals surface area contributed by atoms with Crippen LogP contribution in [0, 0.1) is 5.92 Å². The van der Waals surface area contributed by atoms with E-state index in [0.29, 0.717) is 12.5 Å². The number of methoxy groups -OCH3 is 1. The van der Waals surface area contributed by atoms with E-state index in [4.69, 9.17) is 4.74 Å². The highest BCUT2D eigenvalue weighted by Gasteiger charge is 2.33. The number of ether oxygens (including phenoxy) is 1. The fraction of sp³-hybridized carbons (Fsp3) is 0.562. The Morgan fingerprint density at radius 2 is 2.10 bits per heavy atom. The van der Waals surface area contributed by atoms with Crippen LogP contribution in [0.3, 0.4) is 0 Å². The van der Waals surface area contributed by atoms with Gasteiger partial charge < -0.3 is 15.0 Å². The minimum absolute atomic E-state index is 0.0774. The first-order valence-corrected chi connectivity index (χ1v) is 7.20.